The summed E-state index contributed by atoms with van der Waals surface area (Å²) in [4.78, 5) is 33.9. The number of amides is 1. The third kappa shape index (κ3) is 3.71. The Morgan fingerprint density at radius 2 is 2.04 bits per heavy atom. The third-order valence-electron chi connectivity index (χ3n) is 3.94. The molecule has 1 aliphatic rings. The van der Waals surface area contributed by atoms with Gasteiger partial charge in [0.05, 0.1) is 17.6 Å². The zero-order valence-corrected chi connectivity index (χ0v) is 15.4. The van der Waals surface area contributed by atoms with E-state index in [1.807, 2.05) is 24.3 Å². The number of carbonyl (C=O) groups excluding carboxylic acids is 1. The van der Waals surface area contributed by atoms with Crippen LogP contribution in [-0.2, 0) is 5.75 Å². The van der Waals surface area contributed by atoms with Crippen LogP contribution in [0.2, 0.25) is 0 Å². The van der Waals surface area contributed by atoms with E-state index in [2.05, 4.69) is 20.3 Å². The van der Waals surface area contributed by atoms with Crippen molar-refractivity contribution in [1.82, 2.24) is 9.97 Å². The lowest BCUT2D eigenvalue weighted by Gasteiger charge is -2.10. The number of carbonyl (C=O) groups is 1. The number of aromatic amines is 2. The number of benzene rings is 2. The lowest BCUT2D eigenvalue weighted by molar-refractivity contribution is 0.102. The monoisotopic (exact) mass is 384 g/mol. The topological polar surface area (TPSA) is 90.1 Å². The molecule has 4 rings (SSSR count). The normalized spacial score (nSPS) is 13.8. The van der Waals surface area contributed by atoms with Gasteiger partial charge in [-0.15, -0.1) is 0 Å². The number of hydrogen-bond acceptors (Lipinski definition) is 5. The van der Waals surface area contributed by atoms with E-state index in [-0.39, 0.29) is 11.6 Å². The molecule has 2 heterocycles. The second kappa shape index (κ2) is 7.43. The molecule has 132 valence electrons. The van der Waals surface area contributed by atoms with E-state index in [9.17, 15) is 9.59 Å². The molecule has 0 fully saturated rings. The summed E-state index contributed by atoms with van der Waals surface area (Å²) in [7, 11) is 0. The number of H-pyrrole nitrogens is 2. The van der Waals surface area contributed by atoms with Crippen LogP contribution < -0.4 is 11.0 Å². The van der Waals surface area contributed by atoms with Crippen molar-refractivity contribution >= 4 is 50.5 Å². The number of nitrogens with zero attached hydrogens (tertiary/aromatic N) is 1. The van der Waals surface area contributed by atoms with Gasteiger partial charge in [-0.1, -0.05) is 41.7 Å². The van der Waals surface area contributed by atoms with Crippen LogP contribution in [-0.4, -0.2) is 32.5 Å². The average molecular weight is 384 g/mol. The smallest absolute Gasteiger partial charge is 0.322 e. The summed E-state index contributed by atoms with van der Waals surface area (Å²) in [5.41, 5.74) is 3.36. The predicted molar refractivity (Wildman–Crippen MR) is 109 cm³/mol. The Morgan fingerprint density at radius 3 is 2.88 bits per heavy atom. The minimum atomic E-state index is -0.265. The summed E-state index contributed by atoms with van der Waals surface area (Å²) in [6, 6.07) is 12.9. The second-order valence-electron chi connectivity index (χ2n) is 5.74. The molecule has 3 aromatic rings. The van der Waals surface area contributed by atoms with Gasteiger partial charge in [-0.25, -0.2) is 4.79 Å². The van der Waals surface area contributed by atoms with Gasteiger partial charge < -0.3 is 15.3 Å². The maximum absolute atomic E-state index is 12.7. The quantitative estimate of drug-likeness (QED) is 0.643. The van der Waals surface area contributed by atoms with Crippen LogP contribution in [0.5, 0.6) is 0 Å². The van der Waals surface area contributed by atoms with Gasteiger partial charge in [0, 0.05) is 22.8 Å². The maximum atomic E-state index is 12.7. The van der Waals surface area contributed by atoms with E-state index in [1.54, 1.807) is 41.7 Å². The van der Waals surface area contributed by atoms with Gasteiger partial charge in [0.1, 0.15) is 4.38 Å². The molecule has 1 aliphatic heterocycles. The number of anilines is 1. The third-order valence-corrected chi connectivity index (χ3v) is 6.25. The van der Waals surface area contributed by atoms with Gasteiger partial charge in [0.15, 0.2) is 0 Å². The van der Waals surface area contributed by atoms with E-state index in [0.29, 0.717) is 28.0 Å². The molecule has 0 atom stereocenters. The predicted octanol–water partition coefficient (Wildman–Crippen LogP) is 3.44. The number of imidazole rings is 1. The molecule has 0 unspecified atom stereocenters. The number of nitrogens with one attached hydrogen (secondary N) is 3. The van der Waals surface area contributed by atoms with Crippen molar-refractivity contribution < 1.29 is 4.79 Å². The first-order valence-corrected chi connectivity index (χ1v) is 10.1. The molecule has 0 saturated carbocycles. The van der Waals surface area contributed by atoms with Gasteiger partial charge >= 0.3 is 5.69 Å². The fourth-order valence-electron chi connectivity index (χ4n) is 2.72. The van der Waals surface area contributed by atoms with Crippen molar-refractivity contribution in [3.8, 4) is 0 Å². The van der Waals surface area contributed by atoms with Crippen LogP contribution in [0.4, 0.5) is 5.69 Å². The first-order chi connectivity index (χ1) is 12.7. The molecule has 0 saturated heterocycles. The van der Waals surface area contributed by atoms with Crippen LogP contribution in [0.25, 0.3) is 11.0 Å². The molecular weight excluding hydrogens is 368 g/mol. The number of aromatic nitrogens is 2. The minimum absolute atomic E-state index is 0.167. The van der Waals surface area contributed by atoms with E-state index in [4.69, 9.17) is 0 Å². The summed E-state index contributed by atoms with van der Waals surface area (Å²) in [6.07, 6.45) is 0. The zero-order chi connectivity index (χ0) is 17.9. The summed E-state index contributed by atoms with van der Waals surface area (Å²) in [6.45, 7) is 0.874. The molecule has 26 heavy (non-hydrogen) atoms. The molecule has 3 N–H and O–H groups in total. The van der Waals surface area contributed by atoms with Crippen LogP contribution >= 0.6 is 23.5 Å². The van der Waals surface area contributed by atoms with Crippen LogP contribution in [0.15, 0.2) is 52.3 Å². The zero-order valence-electron chi connectivity index (χ0n) is 13.7. The first kappa shape index (κ1) is 17.0. The van der Waals surface area contributed by atoms with Gasteiger partial charge in [0.25, 0.3) is 5.91 Å². The van der Waals surface area contributed by atoms with Crippen molar-refractivity contribution in [3.63, 3.8) is 0 Å². The van der Waals surface area contributed by atoms with Gasteiger partial charge in [0.2, 0.25) is 0 Å². The first-order valence-electron chi connectivity index (χ1n) is 8.10. The van der Waals surface area contributed by atoms with Gasteiger partial charge in [-0.05, 0) is 29.8 Å². The lowest BCUT2D eigenvalue weighted by atomic mass is 10.1. The summed E-state index contributed by atoms with van der Waals surface area (Å²) < 4.78 is 1.09. The number of aliphatic imine (C=N–C) groups is 1. The van der Waals surface area contributed by atoms with Crippen LogP contribution in [0, 0.1) is 0 Å². The van der Waals surface area contributed by atoms with Crippen LogP contribution in [0.1, 0.15) is 15.9 Å². The SMILES string of the molecule is O=C(Nc1ccc2[nH]c(=O)[nH]c2c1)c1ccccc1CSC1=NCCS1. The molecule has 1 aromatic heterocycles. The molecule has 0 aliphatic carbocycles. The Hall–Kier alpha value is -2.45. The van der Waals surface area contributed by atoms with E-state index in [1.165, 1.54) is 0 Å². The Bertz CT molecular complexity index is 1050. The highest BCUT2D eigenvalue weighted by Crippen LogP contribution is 2.27. The molecule has 8 heteroatoms. The Labute approximate surface area is 157 Å². The Balaban J connectivity index is 1.52. The van der Waals surface area contributed by atoms with Crippen molar-refractivity contribution in [3.05, 3.63) is 64.1 Å². The molecular formula is C18H16N4O2S2. The van der Waals surface area contributed by atoms with Crippen molar-refractivity contribution in [2.45, 2.75) is 5.75 Å². The van der Waals surface area contributed by atoms with Crippen molar-refractivity contribution in [2.75, 3.05) is 17.6 Å². The largest absolute Gasteiger partial charge is 0.323 e. The standard InChI is InChI=1S/C18H16N4O2S2/c23-16(20-12-5-6-14-15(9-12)22-17(24)21-14)13-4-2-1-3-11(13)10-26-18-19-7-8-25-18/h1-6,9H,7-8,10H2,(H,20,23)(H2,21,22,24). The second-order valence-corrected chi connectivity index (χ2v) is 8.04. The fraction of sp³-hybridized carbons (Fsp3) is 0.167. The molecule has 1 amide bonds. The van der Waals surface area contributed by atoms with Gasteiger partial charge in [-0.3, -0.25) is 9.79 Å². The summed E-state index contributed by atoms with van der Waals surface area (Å²) in [5, 5.41) is 2.91. The maximum Gasteiger partial charge on any atom is 0.323 e. The van der Waals surface area contributed by atoms with Gasteiger partial charge in [-0.2, -0.15) is 0 Å². The Morgan fingerprint density at radius 1 is 1.19 bits per heavy atom. The van der Waals surface area contributed by atoms with Crippen molar-refractivity contribution in [2.24, 2.45) is 4.99 Å². The van der Waals surface area contributed by atoms with E-state index < -0.39 is 0 Å². The highest BCUT2D eigenvalue weighted by atomic mass is 32.2. The highest BCUT2D eigenvalue weighted by Gasteiger charge is 2.14. The number of hydrogen-bond donors (Lipinski definition) is 3. The minimum Gasteiger partial charge on any atom is -0.322 e. The number of rotatable bonds is 4. The molecule has 0 bridgehead atoms. The molecule has 6 nitrogen and oxygen atoms in total. The molecule has 2 aromatic carbocycles. The summed E-state index contributed by atoms with van der Waals surface area (Å²) in [5.74, 6) is 1.58. The van der Waals surface area contributed by atoms with E-state index in [0.717, 1.165) is 22.2 Å². The van der Waals surface area contributed by atoms with E-state index >= 15 is 0 Å². The number of thioether (sulfide) groups is 2. The van der Waals surface area contributed by atoms with Crippen molar-refractivity contribution in [1.29, 1.82) is 0 Å². The average Bonchev–Trinajstić information content (AvgIpc) is 3.28. The molecule has 0 spiro atoms. The molecule has 0 radical (unpaired) electrons. The fourth-order valence-corrected chi connectivity index (χ4v) is 4.73. The highest BCUT2D eigenvalue weighted by molar-refractivity contribution is 8.38. The number of fused-ring (bicyclic) bond motifs is 1. The van der Waals surface area contributed by atoms with Crippen LogP contribution in [0.3, 0.4) is 0 Å². The Kier molecular flexibility index (Phi) is 4.85. The lowest BCUT2D eigenvalue weighted by Crippen LogP contribution is -2.14. The summed E-state index contributed by atoms with van der Waals surface area (Å²) >= 11 is 3.43.